The number of fused-ring (bicyclic) bond motifs is 1. The van der Waals surface area contributed by atoms with Crippen molar-refractivity contribution in [3.05, 3.63) is 51.8 Å². The molecule has 1 N–H and O–H groups in total. The standard InChI is InChI=1S/C17H16Cl2N2O3/c1-17(2,11-3-4-12-13(9-11)24-6-5-23-12)21-16(22)10-7-14(18)20-15(19)8-10/h3-4,7-9H,5-6H2,1-2H3,(H,21,22). The summed E-state index contributed by atoms with van der Waals surface area (Å²) in [6.07, 6.45) is 0. The van der Waals surface area contributed by atoms with Crippen LogP contribution in [0.3, 0.4) is 0 Å². The molecular formula is C17H16Cl2N2O3. The molecule has 7 heteroatoms. The maximum absolute atomic E-state index is 12.5. The molecule has 0 spiro atoms. The van der Waals surface area contributed by atoms with E-state index < -0.39 is 5.54 Å². The lowest BCUT2D eigenvalue weighted by Crippen LogP contribution is -2.41. The monoisotopic (exact) mass is 366 g/mol. The van der Waals surface area contributed by atoms with Gasteiger partial charge in [-0.1, -0.05) is 29.3 Å². The number of pyridine rings is 1. The van der Waals surface area contributed by atoms with Crippen LogP contribution in [0.4, 0.5) is 0 Å². The van der Waals surface area contributed by atoms with Crippen LogP contribution in [0.1, 0.15) is 29.8 Å². The lowest BCUT2D eigenvalue weighted by molar-refractivity contribution is 0.0911. The molecule has 0 unspecified atom stereocenters. The number of hydrogen-bond donors (Lipinski definition) is 1. The molecule has 1 aromatic carbocycles. The molecule has 0 bridgehead atoms. The number of benzene rings is 1. The van der Waals surface area contributed by atoms with Crippen LogP contribution >= 0.6 is 23.2 Å². The molecule has 126 valence electrons. The number of rotatable bonds is 3. The largest absolute Gasteiger partial charge is 0.486 e. The van der Waals surface area contributed by atoms with Gasteiger partial charge in [0.15, 0.2) is 11.5 Å². The Morgan fingerprint density at radius 3 is 2.38 bits per heavy atom. The van der Waals surface area contributed by atoms with E-state index in [9.17, 15) is 4.79 Å². The van der Waals surface area contributed by atoms with Gasteiger partial charge in [0.2, 0.25) is 0 Å². The Labute approximate surface area is 149 Å². The number of halogens is 2. The van der Waals surface area contributed by atoms with Gasteiger partial charge in [0, 0.05) is 5.56 Å². The molecule has 3 rings (SSSR count). The van der Waals surface area contributed by atoms with E-state index in [2.05, 4.69) is 10.3 Å². The predicted molar refractivity (Wildman–Crippen MR) is 92.2 cm³/mol. The summed E-state index contributed by atoms with van der Waals surface area (Å²) in [6.45, 7) is 4.86. The summed E-state index contributed by atoms with van der Waals surface area (Å²) in [5.74, 6) is 1.09. The third-order valence-electron chi connectivity index (χ3n) is 3.71. The van der Waals surface area contributed by atoms with Crippen molar-refractivity contribution in [2.24, 2.45) is 0 Å². The molecule has 1 aliphatic rings. The second-order valence-electron chi connectivity index (χ2n) is 5.94. The van der Waals surface area contributed by atoms with E-state index in [1.807, 2.05) is 32.0 Å². The highest BCUT2D eigenvalue weighted by atomic mass is 35.5. The van der Waals surface area contributed by atoms with Gasteiger partial charge in [0.05, 0.1) is 5.54 Å². The van der Waals surface area contributed by atoms with Crippen LogP contribution in [0, 0.1) is 0 Å². The van der Waals surface area contributed by atoms with Crippen molar-refractivity contribution >= 4 is 29.1 Å². The molecule has 2 aromatic rings. The maximum atomic E-state index is 12.5. The van der Waals surface area contributed by atoms with Gasteiger partial charge in [-0.2, -0.15) is 0 Å². The van der Waals surface area contributed by atoms with E-state index >= 15 is 0 Å². The van der Waals surface area contributed by atoms with Gasteiger partial charge in [-0.05, 0) is 43.7 Å². The first-order valence-electron chi connectivity index (χ1n) is 7.41. The van der Waals surface area contributed by atoms with Crippen molar-refractivity contribution in [2.45, 2.75) is 19.4 Å². The van der Waals surface area contributed by atoms with E-state index in [1.54, 1.807) is 0 Å². The summed E-state index contributed by atoms with van der Waals surface area (Å²) in [7, 11) is 0. The Morgan fingerprint density at radius 2 is 1.71 bits per heavy atom. The number of carbonyl (C=O) groups is 1. The Bertz CT molecular complexity index is 773. The van der Waals surface area contributed by atoms with E-state index in [1.165, 1.54) is 12.1 Å². The fraction of sp³-hybridized carbons (Fsp3) is 0.294. The zero-order chi connectivity index (χ0) is 17.3. The van der Waals surface area contributed by atoms with Crippen molar-refractivity contribution in [2.75, 3.05) is 13.2 Å². The molecule has 2 heterocycles. The van der Waals surface area contributed by atoms with Crippen molar-refractivity contribution in [1.29, 1.82) is 0 Å². The second-order valence-corrected chi connectivity index (χ2v) is 6.71. The molecular weight excluding hydrogens is 351 g/mol. The van der Waals surface area contributed by atoms with E-state index in [4.69, 9.17) is 32.7 Å². The van der Waals surface area contributed by atoms with Crippen LogP contribution in [-0.2, 0) is 5.54 Å². The van der Waals surface area contributed by atoms with Gasteiger partial charge in [-0.3, -0.25) is 4.79 Å². The highest BCUT2D eigenvalue weighted by Crippen LogP contribution is 2.34. The first kappa shape index (κ1) is 16.9. The molecule has 1 aliphatic heterocycles. The van der Waals surface area contributed by atoms with Crippen LogP contribution < -0.4 is 14.8 Å². The zero-order valence-electron chi connectivity index (χ0n) is 13.2. The summed E-state index contributed by atoms with van der Waals surface area (Å²) in [4.78, 5) is 16.4. The van der Waals surface area contributed by atoms with E-state index in [-0.39, 0.29) is 16.2 Å². The Kier molecular flexibility index (Phi) is 4.56. The van der Waals surface area contributed by atoms with Gasteiger partial charge in [-0.15, -0.1) is 0 Å². The molecule has 0 atom stereocenters. The minimum absolute atomic E-state index is 0.171. The fourth-order valence-electron chi connectivity index (χ4n) is 2.46. The summed E-state index contributed by atoms with van der Waals surface area (Å²) in [5, 5.41) is 3.31. The van der Waals surface area contributed by atoms with Crippen molar-refractivity contribution < 1.29 is 14.3 Å². The van der Waals surface area contributed by atoms with Crippen LogP contribution in [0.2, 0.25) is 10.3 Å². The Morgan fingerprint density at radius 1 is 1.08 bits per heavy atom. The normalized spacial score (nSPS) is 13.5. The van der Waals surface area contributed by atoms with Gasteiger partial charge in [0.1, 0.15) is 23.5 Å². The SMILES string of the molecule is CC(C)(NC(=O)c1cc(Cl)nc(Cl)c1)c1ccc2c(c1)OCCO2. The highest BCUT2D eigenvalue weighted by Gasteiger charge is 2.26. The van der Waals surface area contributed by atoms with E-state index in [0.29, 0.717) is 30.3 Å². The summed E-state index contributed by atoms with van der Waals surface area (Å²) < 4.78 is 11.1. The molecule has 0 fully saturated rings. The molecule has 0 radical (unpaired) electrons. The average molecular weight is 367 g/mol. The minimum atomic E-state index is -0.630. The van der Waals surface area contributed by atoms with Crippen molar-refractivity contribution in [3.63, 3.8) is 0 Å². The van der Waals surface area contributed by atoms with Gasteiger partial charge in [0.25, 0.3) is 5.91 Å². The molecule has 24 heavy (non-hydrogen) atoms. The third kappa shape index (κ3) is 3.57. The molecule has 1 aromatic heterocycles. The summed E-state index contributed by atoms with van der Waals surface area (Å²) in [5.41, 5.74) is 0.617. The Hall–Kier alpha value is -1.98. The predicted octanol–water partition coefficient (Wildman–Crippen LogP) is 3.82. The van der Waals surface area contributed by atoms with Gasteiger partial charge < -0.3 is 14.8 Å². The molecule has 1 amide bonds. The maximum Gasteiger partial charge on any atom is 0.252 e. The van der Waals surface area contributed by atoms with Gasteiger partial charge in [-0.25, -0.2) is 4.98 Å². The second kappa shape index (κ2) is 6.49. The molecule has 5 nitrogen and oxygen atoms in total. The zero-order valence-corrected chi connectivity index (χ0v) is 14.7. The number of nitrogens with zero attached hydrogens (tertiary/aromatic N) is 1. The lowest BCUT2D eigenvalue weighted by atomic mass is 9.93. The van der Waals surface area contributed by atoms with Crippen LogP contribution in [-0.4, -0.2) is 24.1 Å². The first-order chi connectivity index (χ1) is 11.3. The minimum Gasteiger partial charge on any atom is -0.486 e. The number of amides is 1. The van der Waals surface area contributed by atoms with Crippen LogP contribution in [0.25, 0.3) is 0 Å². The average Bonchev–Trinajstić information content (AvgIpc) is 2.53. The highest BCUT2D eigenvalue weighted by molar-refractivity contribution is 6.33. The van der Waals surface area contributed by atoms with E-state index in [0.717, 1.165) is 5.56 Å². The summed E-state index contributed by atoms with van der Waals surface area (Å²) >= 11 is 11.7. The number of hydrogen-bond acceptors (Lipinski definition) is 4. The number of ether oxygens (including phenoxy) is 2. The van der Waals surface area contributed by atoms with Crippen LogP contribution in [0.5, 0.6) is 11.5 Å². The smallest absolute Gasteiger partial charge is 0.252 e. The molecule has 0 aliphatic carbocycles. The first-order valence-corrected chi connectivity index (χ1v) is 8.16. The van der Waals surface area contributed by atoms with Crippen molar-refractivity contribution in [1.82, 2.24) is 10.3 Å². The topological polar surface area (TPSA) is 60.5 Å². The number of carbonyl (C=O) groups excluding carboxylic acids is 1. The molecule has 0 saturated carbocycles. The number of aromatic nitrogens is 1. The lowest BCUT2D eigenvalue weighted by Gasteiger charge is -2.28. The van der Waals surface area contributed by atoms with Crippen LogP contribution in [0.15, 0.2) is 30.3 Å². The fourth-order valence-corrected chi connectivity index (χ4v) is 2.92. The quantitative estimate of drug-likeness (QED) is 0.838. The number of nitrogens with one attached hydrogen (secondary N) is 1. The Balaban J connectivity index is 1.83. The third-order valence-corrected chi connectivity index (χ3v) is 4.10. The van der Waals surface area contributed by atoms with Crippen molar-refractivity contribution in [3.8, 4) is 11.5 Å². The molecule has 0 saturated heterocycles. The summed E-state index contributed by atoms with van der Waals surface area (Å²) in [6, 6.07) is 8.57. The van der Waals surface area contributed by atoms with Gasteiger partial charge >= 0.3 is 0 Å².